The van der Waals surface area contributed by atoms with Crippen molar-refractivity contribution in [1.29, 1.82) is 0 Å². The van der Waals surface area contributed by atoms with Gasteiger partial charge in [0.2, 0.25) is 10.0 Å². The highest BCUT2D eigenvalue weighted by molar-refractivity contribution is 14.1. The van der Waals surface area contributed by atoms with E-state index in [4.69, 9.17) is 0 Å². The summed E-state index contributed by atoms with van der Waals surface area (Å²) in [5, 5.41) is 2.86. The Morgan fingerprint density at radius 3 is 2.50 bits per heavy atom. The van der Waals surface area contributed by atoms with Crippen LogP contribution in [0.15, 0.2) is 42.5 Å². The maximum Gasteiger partial charge on any atom is 0.255 e. The SMILES string of the molecule is C[C@H]1Cc2cc(C(=O)Nc3ccc(I)cc3)ccc2N1S(C)(=O)=O. The Kier molecular flexibility index (Phi) is 4.56. The maximum atomic E-state index is 12.4. The molecule has 0 unspecified atom stereocenters. The van der Waals surface area contributed by atoms with Crippen molar-refractivity contribution in [2.45, 2.75) is 19.4 Å². The smallest absolute Gasteiger partial charge is 0.255 e. The number of amides is 1. The quantitative estimate of drug-likeness (QED) is 0.722. The number of sulfonamides is 1. The molecule has 1 aliphatic heterocycles. The summed E-state index contributed by atoms with van der Waals surface area (Å²) in [5.41, 5.74) is 2.79. The molecular weight excluding hydrogens is 439 g/mol. The van der Waals surface area contributed by atoms with E-state index in [-0.39, 0.29) is 11.9 Å². The van der Waals surface area contributed by atoms with Crippen molar-refractivity contribution >= 4 is 49.9 Å². The largest absolute Gasteiger partial charge is 0.322 e. The van der Waals surface area contributed by atoms with E-state index in [1.165, 1.54) is 10.6 Å². The van der Waals surface area contributed by atoms with Crippen molar-refractivity contribution in [2.24, 2.45) is 0 Å². The third-order valence-electron chi connectivity index (χ3n) is 3.95. The van der Waals surface area contributed by atoms with Crippen LogP contribution < -0.4 is 9.62 Å². The molecule has 24 heavy (non-hydrogen) atoms. The molecule has 0 spiro atoms. The second-order valence-corrected chi connectivity index (χ2v) is 9.02. The van der Waals surface area contributed by atoms with E-state index >= 15 is 0 Å². The van der Waals surface area contributed by atoms with Crippen molar-refractivity contribution < 1.29 is 13.2 Å². The van der Waals surface area contributed by atoms with Gasteiger partial charge in [-0.2, -0.15) is 0 Å². The van der Waals surface area contributed by atoms with Gasteiger partial charge < -0.3 is 5.32 Å². The molecule has 0 fully saturated rings. The molecule has 0 aliphatic carbocycles. The highest BCUT2D eigenvalue weighted by atomic mass is 127. The van der Waals surface area contributed by atoms with Crippen LogP contribution in [0.4, 0.5) is 11.4 Å². The van der Waals surface area contributed by atoms with Crippen LogP contribution in [0.25, 0.3) is 0 Å². The zero-order valence-electron chi connectivity index (χ0n) is 13.3. The van der Waals surface area contributed by atoms with Gasteiger partial charge in [0.05, 0.1) is 11.9 Å². The number of anilines is 2. The van der Waals surface area contributed by atoms with Gasteiger partial charge in [-0.1, -0.05) is 0 Å². The van der Waals surface area contributed by atoms with Crippen LogP contribution in [0, 0.1) is 3.57 Å². The molecule has 0 radical (unpaired) electrons. The van der Waals surface area contributed by atoms with Crippen LogP contribution in [-0.2, 0) is 16.4 Å². The van der Waals surface area contributed by atoms with E-state index in [2.05, 4.69) is 27.9 Å². The van der Waals surface area contributed by atoms with E-state index in [9.17, 15) is 13.2 Å². The van der Waals surface area contributed by atoms with Gasteiger partial charge >= 0.3 is 0 Å². The molecule has 1 atom stereocenters. The van der Waals surface area contributed by atoms with Gasteiger partial charge in [0.1, 0.15) is 0 Å². The van der Waals surface area contributed by atoms with E-state index in [1.54, 1.807) is 18.2 Å². The minimum atomic E-state index is -3.32. The first-order valence-electron chi connectivity index (χ1n) is 7.45. The van der Waals surface area contributed by atoms with Gasteiger partial charge in [0.25, 0.3) is 5.91 Å². The second-order valence-electron chi connectivity index (χ2n) is 5.92. The lowest BCUT2D eigenvalue weighted by Gasteiger charge is -2.21. The third-order valence-corrected chi connectivity index (χ3v) is 5.94. The first kappa shape index (κ1) is 17.2. The summed E-state index contributed by atoms with van der Waals surface area (Å²) < 4.78 is 26.4. The molecule has 3 rings (SSSR count). The summed E-state index contributed by atoms with van der Waals surface area (Å²) in [6.45, 7) is 1.87. The number of carbonyl (C=O) groups is 1. The Balaban J connectivity index is 1.86. The van der Waals surface area contributed by atoms with Gasteiger partial charge in [-0.15, -0.1) is 0 Å². The highest BCUT2D eigenvalue weighted by Crippen LogP contribution is 2.34. The minimum absolute atomic E-state index is 0.135. The van der Waals surface area contributed by atoms with Crippen molar-refractivity contribution in [3.63, 3.8) is 0 Å². The molecule has 7 heteroatoms. The number of carbonyl (C=O) groups excluding carboxylic acids is 1. The molecule has 5 nitrogen and oxygen atoms in total. The predicted molar refractivity (Wildman–Crippen MR) is 104 cm³/mol. The summed E-state index contributed by atoms with van der Waals surface area (Å²) in [6.07, 6.45) is 1.81. The van der Waals surface area contributed by atoms with E-state index in [1.807, 2.05) is 31.2 Å². The molecule has 0 saturated heterocycles. The zero-order chi connectivity index (χ0) is 17.5. The van der Waals surface area contributed by atoms with Gasteiger partial charge in [-0.05, 0) is 84.0 Å². The first-order chi connectivity index (χ1) is 11.3. The fourth-order valence-corrected chi connectivity index (χ4v) is 4.61. The van der Waals surface area contributed by atoms with Crippen molar-refractivity contribution in [1.82, 2.24) is 0 Å². The molecule has 2 aromatic rings. The number of halogens is 1. The Morgan fingerprint density at radius 1 is 1.21 bits per heavy atom. The average molecular weight is 456 g/mol. The summed E-state index contributed by atoms with van der Waals surface area (Å²) >= 11 is 2.21. The monoisotopic (exact) mass is 456 g/mol. The third kappa shape index (κ3) is 3.41. The van der Waals surface area contributed by atoms with Gasteiger partial charge in [-0.25, -0.2) is 8.42 Å². The van der Waals surface area contributed by atoms with Crippen molar-refractivity contribution in [3.05, 3.63) is 57.2 Å². The topological polar surface area (TPSA) is 66.5 Å². The second kappa shape index (κ2) is 6.36. The standard InChI is InChI=1S/C17H17IN2O3S/c1-11-9-13-10-12(3-8-16(13)20(11)24(2,22)23)17(21)19-15-6-4-14(18)5-7-15/h3-8,10-11H,9H2,1-2H3,(H,19,21)/t11-/m0/s1. The Hall–Kier alpha value is -1.61. The Labute approximate surface area is 155 Å². The van der Waals surface area contributed by atoms with Crippen molar-refractivity contribution in [2.75, 3.05) is 15.9 Å². The lowest BCUT2D eigenvalue weighted by Crippen LogP contribution is -2.34. The summed E-state index contributed by atoms with van der Waals surface area (Å²) in [6, 6.07) is 12.6. The molecular formula is C17H17IN2O3S. The highest BCUT2D eigenvalue weighted by Gasteiger charge is 2.32. The van der Waals surface area contributed by atoms with Gasteiger partial charge in [-0.3, -0.25) is 9.10 Å². The van der Waals surface area contributed by atoms with Gasteiger partial charge in [0.15, 0.2) is 0 Å². The summed E-state index contributed by atoms with van der Waals surface area (Å²) in [4.78, 5) is 12.4. The normalized spacial score (nSPS) is 16.8. The number of hydrogen-bond donors (Lipinski definition) is 1. The van der Waals surface area contributed by atoms with Crippen molar-refractivity contribution in [3.8, 4) is 0 Å². The molecule has 0 aromatic heterocycles. The van der Waals surface area contributed by atoms with Crippen LogP contribution in [0.1, 0.15) is 22.8 Å². The molecule has 1 amide bonds. The number of rotatable bonds is 3. The number of benzene rings is 2. The average Bonchev–Trinajstić information content (AvgIpc) is 2.84. The number of nitrogens with zero attached hydrogens (tertiary/aromatic N) is 1. The first-order valence-corrected chi connectivity index (χ1v) is 10.4. The molecule has 0 saturated carbocycles. The Morgan fingerprint density at radius 2 is 1.88 bits per heavy atom. The number of nitrogens with one attached hydrogen (secondary N) is 1. The molecule has 1 aliphatic rings. The molecule has 126 valence electrons. The van der Waals surface area contributed by atoms with Crippen LogP contribution >= 0.6 is 22.6 Å². The molecule has 1 N–H and O–H groups in total. The molecule has 2 aromatic carbocycles. The van der Waals surface area contributed by atoms with Crippen LogP contribution in [0.5, 0.6) is 0 Å². The number of fused-ring (bicyclic) bond motifs is 1. The van der Waals surface area contributed by atoms with Crippen LogP contribution in [0.3, 0.4) is 0 Å². The van der Waals surface area contributed by atoms with Gasteiger partial charge in [0, 0.05) is 20.9 Å². The predicted octanol–water partition coefficient (Wildman–Crippen LogP) is 3.25. The summed E-state index contributed by atoms with van der Waals surface area (Å²) in [5.74, 6) is -0.204. The van der Waals surface area contributed by atoms with E-state index in [0.29, 0.717) is 17.7 Å². The Bertz CT molecular complexity index is 895. The zero-order valence-corrected chi connectivity index (χ0v) is 16.3. The molecule has 1 heterocycles. The fourth-order valence-electron chi connectivity index (χ4n) is 2.99. The van der Waals surface area contributed by atoms with Crippen LogP contribution in [0.2, 0.25) is 0 Å². The minimum Gasteiger partial charge on any atom is -0.322 e. The summed E-state index contributed by atoms with van der Waals surface area (Å²) in [7, 11) is -3.32. The van der Waals surface area contributed by atoms with E-state index < -0.39 is 10.0 Å². The van der Waals surface area contributed by atoms with Crippen LogP contribution in [-0.4, -0.2) is 26.6 Å². The van der Waals surface area contributed by atoms with E-state index in [0.717, 1.165) is 14.8 Å². The number of hydrogen-bond acceptors (Lipinski definition) is 3. The lowest BCUT2D eigenvalue weighted by molar-refractivity contribution is 0.102. The maximum absolute atomic E-state index is 12.4. The molecule has 0 bridgehead atoms. The lowest BCUT2D eigenvalue weighted by atomic mass is 10.1. The fraction of sp³-hybridized carbons (Fsp3) is 0.235.